The molecule has 5 aromatic rings. The highest BCUT2D eigenvalue weighted by molar-refractivity contribution is 5.88. The number of nitrogens with two attached hydrogens (primary N) is 1. The first-order valence-corrected chi connectivity index (χ1v) is 19.5. The number of aliphatic hydroxyl groups excluding tert-OH is 1. The van der Waals surface area contributed by atoms with Crippen molar-refractivity contribution in [2.75, 3.05) is 19.7 Å². The number of aliphatic hydroxyl groups is 1. The Morgan fingerprint density at radius 1 is 0.817 bits per heavy atom. The third-order valence-corrected chi connectivity index (χ3v) is 9.74. The number of carbonyl (C=O) groups excluding carboxylic acids is 4. The van der Waals surface area contributed by atoms with Gasteiger partial charge in [-0.2, -0.15) is 0 Å². The van der Waals surface area contributed by atoms with Gasteiger partial charge in [-0.05, 0) is 52.8 Å². The molecule has 0 bridgehead atoms. The summed E-state index contributed by atoms with van der Waals surface area (Å²) in [7, 11) is 0. The van der Waals surface area contributed by atoms with E-state index in [-0.39, 0.29) is 38.3 Å². The SMILES string of the molecule is CC(C)(C)[C@H](c1cc(-c2cc(F)ccc2F)cn1Cc1ccccc1)N(CC[C@H](N)C(=O)N[C@H](CNC(=O)OCc1ccccc1)C(=O)OCc1ccccc1)C(=O)CO. The molecule has 4 aromatic carbocycles. The number of hydrogen-bond donors (Lipinski definition) is 4. The summed E-state index contributed by atoms with van der Waals surface area (Å²) in [5.41, 5.74) is 9.04. The van der Waals surface area contributed by atoms with Crippen LogP contribution in [0.4, 0.5) is 13.6 Å². The molecule has 60 heavy (non-hydrogen) atoms. The molecule has 3 amide bonds. The van der Waals surface area contributed by atoms with Crippen LogP contribution in [0.2, 0.25) is 0 Å². The Morgan fingerprint density at radius 3 is 1.98 bits per heavy atom. The number of alkyl carbamates (subject to hydrolysis) is 1. The largest absolute Gasteiger partial charge is 0.459 e. The Balaban J connectivity index is 1.36. The maximum Gasteiger partial charge on any atom is 0.407 e. The lowest BCUT2D eigenvalue weighted by molar-refractivity contribution is -0.149. The van der Waals surface area contributed by atoms with Crippen molar-refractivity contribution in [2.24, 2.45) is 11.1 Å². The van der Waals surface area contributed by atoms with Gasteiger partial charge in [0.15, 0.2) is 0 Å². The smallest absolute Gasteiger partial charge is 0.407 e. The summed E-state index contributed by atoms with van der Waals surface area (Å²) in [5.74, 6) is -3.51. The number of nitrogens with zero attached hydrogens (tertiary/aromatic N) is 2. The van der Waals surface area contributed by atoms with Gasteiger partial charge in [-0.3, -0.25) is 9.59 Å². The van der Waals surface area contributed by atoms with Gasteiger partial charge in [0.25, 0.3) is 0 Å². The fraction of sp³-hybridized carbons (Fsp3) is 0.304. The molecule has 0 unspecified atom stereocenters. The third-order valence-electron chi connectivity index (χ3n) is 9.74. The zero-order chi connectivity index (χ0) is 43.2. The van der Waals surface area contributed by atoms with Crippen LogP contribution in [0.25, 0.3) is 11.1 Å². The van der Waals surface area contributed by atoms with Gasteiger partial charge in [0, 0.05) is 36.1 Å². The van der Waals surface area contributed by atoms with Crippen LogP contribution in [0.15, 0.2) is 121 Å². The number of rotatable bonds is 18. The van der Waals surface area contributed by atoms with Crippen LogP contribution in [0.1, 0.15) is 55.6 Å². The fourth-order valence-electron chi connectivity index (χ4n) is 6.77. The Labute approximate surface area is 348 Å². The quantitative estimate of drug-likeness (QED) is 0.0753. The molecule has 0 saturated heterocycles. The highest BCUT2D eigenvalue weighted by Gasteiger charge is 2.38. The van der Waals surface area contributed by atoms with E-state index in [9.17, 15) is 28.7 Å². The summed E-state index contributed by atoms with van der Waals surface area (Å²) in [4.78, 5) is 54.6. The molecule has 316 valence electrons. The van der Waals surface area contributed by atoms with Crippen molar-refractivity contribution in [1.29, 1.82) is 0 Å². The van der Waals surface area contributed by atoms with Gasteiger partial charge in [-0.1, -0.05) is 112 Å². The molecule has 0 aliphatic carbocycles. The van der Waals surface area contributed by atoms with Crippen LogP contribution in [0, 0.1) is 17.0 Å². The molecular weight excluding hydrogens is 773 g/mol. The maximum atomic E-state index is 15.2. The number of ether oxygens (including phenoxy) is 2. The topological polar surface area (TPSA) is 165 Å². The van der Waals surface area contributed by atoms with Crippen LogP contribution < -0.4 is 16.4 Å². The van der Waals surface area contributed by atoms with Crippen LogP contribution in [-0.4, -0.2) is 70.2 Å². The Hall–Kier alpha value is -6.38. The van der Waals surface area contributed by atoms with E-state index < -0.39 is 65.7 Å². The third kappa shape index (κ3) is 12.6. The number of halogens is 2. The van der Waals surface area contributed by atoms with Crippen molar-refractivity contribution in [3.63, 3.8) is 0 Å². The zero-order valence-corrected chi connectivity index (χ0v) is 33.9. The molecule has 0 radical (unpaired) electrons. The van der Waals surface area contributed by atoms with Crippen molar-refractivity contribution in [2.45, 2.75) is 65.1 Å². The lowest BCUT2D eigenvalue weighted by Crippen LogP contribution is -2.54. The van der Waals surface area contributed by atoms with Gasteiger partial charge in [0.2, 0.25) is 11.8 Å². The standard InChI is InChI=1S/C46H51F2N5O7/c1-46(2,3)42(40-23-34(36-24-35(47)19-20-37(36)48)27-52(40)26-31-13-7-4-8-14-31)53(41(55)28-54)22-21-38(49)43(56)51-39(44(57)59-29-32-15-9-5-10-16-32)25-50-45(58)60-30-33-17-11-6-12-18-33/h4-20,23-24,27,38-39,42,54H,21-22,25-26,28-30,49H2,1-3H3,(H,50,58)(H,51,56)/t38-,39+,42-/m0/s1. The number of esters is 1. The van der Waals surface area contributed by atoms with Crippen molar-refractivity contribution in [3.05, 3.63) is 155 Å². The summed E-state index contributed by atoms with van der Waals surface area (Å²) in [6.07, 6.45) is 0.750. The molecule has 1 heterocycles. The molecule has 0 spiro atoms. The molecule has 14 heteroatoms. The molecule has 5 N–H and O–H groups in total. The van der Waals surface area contributed by atoms with Crippen LogP contribution in [0.5, 0.6) is 0 Å². The van der Waals surface area contributed by atoms with Crippen LogP contribution >= 0.6 is 0 Å². The fourth-order valence-corrected chi connectivity index (χ4v) is 6.77. The molecule has 0 saturated carbocycles. The Bertz CT molecular complexity index is 2200. The Morgan fingerprint density at radius 2 is 1.40 bits per heavy atom. The normalized spacial score (nSPS) is 12.8. The number of carbonyl (C=O) groups is 4. The van der Waals surface area contributed by atoms with Crippen molar-refractivity contribution < 1.29 is 42.5 Å². The number of hydrogen-bond acceptors (Lipinski definition) is 8. The number of amides is 3. The first kappa shape index (κ1) is 44.7. The summed E-state index contributed by atoms with van der Waals surface area (Å²) in [6, 6.07) is 28.8. The summed E-state index contributed by atoms with van der Waals surface area (Å²) in [6.45, 7) is 4.53. The second kappa shape index (κ2) is 21.0. The second-order valence-electron chi connectivity index (χ2n) is 15.4. The average molecular weight is 824 g/mol. The van der Waals surface area contributed by atoms with E-state index in [1.165, 1.54) is 4.90 Å². The molecule has 0 aliphatic rings. The monoisotopic (exact) mass is 823 g/mol. The zero-order valence-electron chi connectivity index (χ0n) is 33.9. The van der Waals surface area contributed by atoms with Crippen LogP contribution in [0.3, 0.4) is 0 Å². The van der Waals surface area contributed by atoms with Gasteiger partial charge < -0.3 is 40.4 Å². The molecule has 12 nitrogen and oxygen atoms in total. The van der Waals surface area contributed by atoms with Crippen LogP contribution in [-0.2, 0) is 43.6 Å². The van der Waals surface area contributed by atoms with E-state index in [0.29, 0.717) is 23.4 Å². The molecule has 5 rings (SSSR count). The Kier molecular flexibility index (Phi) is 15.7. The van der Waals surface area contributed by atoms with Crippen molar-refractivity contribution >= 4 is 23.9 Å². The van der Waals surface area contributed by atoms with Crippen molar-refractivity contribution in [1.82, 2.24) is 20.1 Å². The minimum atomic E-state index is -1.36. The first-order valence-electron chi connectivity index (χ1n) is 19.5. The van der Waals surface area contributed by atoms with E-state index in [4.69, 9.17) is 15.2 Å². The van der Waals surface area contributed by atoms with Gasteiger partial charge in [-0.15, -0.1) is 0 Å². The van der Waals surface area contributed by atoms with E-state index in [2.05, 4.69) is 10.6 Å². The second-order valence-corrected chi connectivity index (χ2v) is 15.4. The minimum absolute atomic E-state index is 0.0222. The predicted octanol–water partition coefficient (Wildman–Crippen LogP) is 6.26. The van der Waals surface area contributed by atoms with E-state index in [0.717, 1.165) is 29.3 Å². The van der Waals surface area contributed by atoms with E-state index >= 15 is 4.39 Å². The lowest BCUT2D eigenvalue weighted by Gasteiger charge is -2.41. The van der Waals surface area contributed by atoms with E-state index in [1.54, 1.807) is 60.8 Å². The molecule has 0 aliphatic heterocycles. The van der Waals surface area contributed by atoms with Gasteiger partial charge in [-0.25, -0.2) is 18.4 Å². The van der Waals surface area contributed by atoms with E-state index in [1.807, 2.05) is 67.8 Å². The molecule has 0 fully saturated rings. The average Bonchev–Trinajstić information content (AvgIpc) is 3.64. The van der Waals surface area contributed by atoms with Gasteiger partial charge >= 0.3 is 12.1 Å². The maximum absolute atomic E-state index is 15.2. The minimum Gasteiger partial charge on any atom is -0.459 e. The molecule has 1 aromatic heterocycles. The molecule has 3 atom stereocenters. The van der Waals surface area contributed by atoms with Gasteiger partial charge in [0.1, 0.15) is 37.5 Å². The number of aromatic nitrogens is 1. The predicted molar refractivity (Wildman–Crippen MR) is 222 cm³/mol. The lowest BCUT2D eigenvalue weighted by atomic mass is 9.82. The van der Waals surface area contributed by atoms with Crippen molar-refractivity contribution in [3.8, 4) is 11.1 Å². The summed E-state index contributed by atoms with van der Waals surface area (Å²) in [5, 5.41) is 15.3. The summed E-state index contributed by atoms with van der Waals surface area (Å²) < 4.78 is 42.2. The molecular formula is C46H51F2N5O7. The number of nitrogens with one attached hydrogen (secondary N) is 2. The highest BCUT2D eigenvalue weighted by atomic mass is 19.1. The van der Waals surface area contributed by atoms with Gasteiger partial charge in [0.05, 0.1) is 18.6 Å². The number of benzene rings is 4. The summed E-state index contributed by atoms with van der Waals surface area (Å²) >= 11 is 0. The first-order chi connectivity index (χ1) is 28.7. The highest BCUT2D eigenvalue weighted by Crippen LogP contribution is 2.41.